The fourth-order valence-corrected chi connectivity index (χ4v) is 2.63. The van der Waals surface area contributed by atoms with Crippen LogP contribution in [0.5, 0.6) is 0 Å². The summed E-state index contributed by atoms with van der Waals surface area (Å²) in [6, 6.07) is 8.90. The second-order valence-corrected chi connectivity index (χ2v) is 5.75. The summed E-state index contributed by atoms with van der Waals surface area (Å²) < 4.78 is 4.96. The fourth-order valence-electron chi connectivity index (χ4n) is 1.81. The number of aryl methyl sites for hydroxylation is 1. The van der Waals surface area contributed by atoms with Crippen molar-refractivity contribution in [1.82, 2.24) is 9.97 Å². The topological polar surface area (TPSA) is 81.2 Å². The highest BCUT2D eigenvalue weighted by molar-refractivity contribution is 7.99. The van der Waals surface area contributed by atoms with Crippen LogP contribution >= 0.6 is 11.8 Å². The van der Waals surface area contributed by atoms with Crippen LogP contribution in [-0.2, 0) is 9.53 Å². The van der Waals surface area contributed by atoms with Crippen molar-refractivity contribution >= 4 is 29.3 Å². The largest absolute Gasteiger partial charge is 0.461 e. The van der Waals surface area contributed by atoms with Crippen LogP contribution in [-0.4, -0.2) is 28.5 Å². The van der Waals surface area contributed by atoms with E-state index in [0.717, 1.165) is 10.6 Å². The first-order valence-electron chi connectivity index (χ1n) is 7.06. The standard InChI is InChI=1S/C16H17N3O3S/c1-4-22-15(21)14-9-10(2)17-16(19-14)23-13-7-5-12(6-8-13)18-11(3)20/h5-9H,4H2,1-3H3,(H,18,20). The van der Waals surface area contributed by atoms with Gasteiger partial charge in [0, 0.05) is 23.2 Å². The van der Waals surface area contributed by atoms with Gasteiger partial charge in [0.25, 0.3) is 0 Å². The quantitative estimate of drug-likeness (QED) is 0.670. The lowest BCUT2D eigenvalue weighted by Gasteiger charge is -2.06. The van der Waals surface area contributed by atoms with Crippen LogP contribution in [0, 0.1) is 6.92 Å². The van der Waals surface area contributed by atoms with E-state index in [1.165, 1.54) is 18.7 Å². The molecule has 0 aliphatic heterocycles. The first-order valence-corrected chi connectivity index (χ1v) is 7.88. The number of nitrogens with one attached hydrogen (secondary N) is 1. The van der Waals surface area contributed by atoms with Crippen molar-refractivity contribution < 1.29 is 14.3 Å². The maximum absolute atomic E-state index is 11.8. The van der Waals surface area contributed by atoms with Gasteiger partial charge in [0.2, 0.25) is 5.91 Å². The first-order chi connectivity index (χ1) is 11.0. The van der Waals surface area contributed by atoms with Gasteiger partial charge in [0.15, 0.2) is 10.9 Å². The predicted molar refractivity (Wildman–Crippen MR) is 87.6 cm³/mol. The van der Waals surface area contributed by atoms with E-state index in [0.29, 0.717) is 17.5 Å². The Morgan fingerprint density at radius 3 is 2.52 bits per heavy atom. The van der Waals surface area contributed by atoms with Gasteiger partial charge >= 0.3 is 5.97 Å². The minimum atomic E-state index is -0.458. The van der Waals surface area contributed by atoms with Crippen LogP contribution in [0.3, 0.4) is 0 Å². The van der Waals surface area contributed by atoms with Gasteiger partial charge in [-0.05, 0) is 55.9 Å². The molecule has 0 spiro atoms. The fraction of sp³-hybridized carbons (Fsp3) is 0.250. The van der Waals surface area contributed by atoms with Gasteiger partial charge in [-0.15, -0.1) is 0 Å². The van der Waals surface area contributed by atoms with E-state index in [2.05, 4.69) is 15.3 Å². The minimum Gasteiger partial charge on any atom is -0.461 e. The number of aromatic nitrogens is 2. The Kier molecular flexibility index (Phi) is 5.70. The summed E-state index contributed by atoms with van der Waals surface area (Å²) in [6.45, 7) is 5.31. The summed E-state index contributed by atoms with van der Waals surface area (Å²) in [7, 11) is 0. The van der Waals surface area contributed by atoms with Gasteiger partial charge in [0.1, 0.15) is 0 Å². The summed E-state index contributed by atoms with van der Waals surface area (Å²) in [6.07, 6.45) is 0. The van der Waals surface area contributed by atoms with Crippen molar-refractivity contribution in [2.75, 3.05) is 11.9 Å². The van der Waals surface area contributed by atoms with Crippen LogP contribution in [0.2, 0.25) is 0 Å². The zero-order valence-electron chi connectivity index (χ0n) is 13.1. The second-order valence-electron chi connectivity index (χ2n) is 4.71. The van der Waals surface area contributed by atoms with E-state index < -0.39 is 5.97 Å². The Morgan fingerprint density at radius 2 is 1.91 bits per heavy atom. The van der Waals surface area contributed by atoms with Crippen LogP contribution < -0.4 is 5.32 Å². The van der Waals surface area contributed by atoms with Crippen LogP contribution in [0.15, 0.2) is 40.4 Å². The molecule has 6 nitrogen and oxygen atoms in total. The molecule has 1 aromatic carbocycles. The van der Waals surface area contributed by atoms with Crippen molar-refractivity contribution in [2.24, 2.45) is 0 Å². The minimum absolute atomic E-state index is 0.119. The first kappa shape index (κ1) is 17.0. The zero-order valence-corrected chi connectivity index (χ0v) is 13.9. The van der Waals surface area contributed by atoms with Crippen molar-refractivity contribution in [3.8, 4) is 0 Å². The molecular weight excluding hydrogens is 314 g/mol. The lowest BCUT2D eigenvalue weighted by Crippen LogP contribution is -2.09. The number of esters is 1. The third-order valence-corrected chi connectivity index (χ3v) is 3.58. The van der Waals surface area contributed by atoms with Crippen molar-refractivity contribution in [3.63, 3.8) is 0 Å². The van der Waals surface area contributed by atoms with Crippen molar-refractivity contribution in [3.05, 3.63) is 41.7 Å². The second kappa shape index (κ2) is 7.73. The van der Waals surface area contributed by atoms with E-state index in [4.69, 9.17) is 4.74 Å². The number of nitrogens with zero attached hydrogens (tertiary/aromatic N) is 2. The number of carbonyl (C=O) groups excluding carboxylic acids is 2. The highest BCUT2D eigenvalue weighted by Gasteiger charge is 2.12. The Balaban J connectivity index is 2.16. The number of carbonyl (C=O) groups is 2. The van der Waals surface area contributed by atoms with Gasteiger partial charge < -0.3 is 10.1 Å². The molecule has 23 heavy (non-hydrogen) atoms. The van der Waals surface area contributed by atoms with Gasteiger partial charge in [-0.2, -0.15) is 0 Å². The SMILES string of the molecule is CCOC(=O)c1cc(C)nc(Sc2ccc(NC(C)=O)cc2)n1. The lowest BCUT2D eigenvalue weighted by molar-refractivity contribution is -0.114. The Labute approximate surface area is 138 Å². The van der Waals surface area contributed by atoms with Crippen molar-refractivity contribution in [1.29, 1.82) is 0 Å². The molecule has 0 bridgehead atoms. The Bertz CT molecular complexity index is 717. The normalized spacial score (nSPS) is 10.2. The summed E-state index contributed by atoms with van der Waals surface area (Å²) in [5, 5.41) is 3.17. The van der Waals surface area contributed by atoms with E-state index in [1.54, 1.807) is 32.0 Å². The van der Waals surface area contributed by atoms with Gasteiger partial charge in [-0.3, -0.25) is 4.79 Å². The summed E-state index contributed by atoms with van der Waals surface area (Å²) in [5.74, 6) is -0.577. The van der Waals surface area contributed by atoms with Gasteiger partial charge in [0.05, 0.1) is 6.61 Å². The zero-order chi connectivity index (χ0) is 16.8. The van der Waals surface area contributed by atoms with Crippen LogP contribution in [0.1, 0.15) is 30.0 Å². The average Bonchev–Trinajstić information content (AvgIpc) is 2.48. The molecule has 7 heteroatoms. The van der Waals surface area contributed by atoms with E-state index in [9.17, 15) is 9.59 Å². The molecule has 120 valence electrons. The molecule has 2 rings (SSSR count). The summed E-state index contributed by atoms with van der Waals surface area (Å²) in [5.41, 5.74) is 1.66. The molecule has 0 aliphatic carbocycles. The van der Waals surface area contributed by atoms with E-state index >= 15 is 0 Å². The Morgan fingerprint density at radius 1 is 1.22 bits per heavy atom. The maximum atomic E-state index is 11.8. The molecule has 0 aliphatic rings. The molecule has 0 saturated heterocycles. The number of benzene rings is 1. The molecular formula is C16H17N3O3S. The predicted octanol–water partition coefficient (Wildman–Crippen LogP) is 3.07. The van der Waals surface area contributed by atoms with Crippen LogP contribution in [0.4, 0.5) is 5.69 Å². The van der Waals surface area contributed by atoms with Crippen molar-refractivity contribution in [2.45, 2.75) is 30.8 Å². The number of hydrogen-bond donors (Lipinski definition) is 1. The number of rotatable bonds is 5. The van der Waals surface area contributed by atoms with E-state index in [-0.39, 0.29) is 11.6 Å². The van der Waals surface area contributed by atoms with Crippen LogP contribution in [0.25, 0.3) is 0 Å². The number of amides is 1. The maximum Gasteiger partial charge on any atom is 0.357 e. The van der Waals surface area contributed by atoms with E-state index in [1.807, 2.05) is 12.1 Å². The monoisotopic (exact) mass is 331 g/mol. The molecule has 0 fully saturated rings. The molecule has 0 radical (unpaired) electrons. The molecule has 0 unspecified atom stereocenters. The number of hydrogen-bond acceptors (Lipinski definition) is 6. The highest BCUT2D eigenvalue weighted by Crippen LogP contribution is 2.26. The smallest absolute Gasteiger partial charge is 0.357 e. The molecule has 0 atom stereocenters. The molecule has 2 aromatic rings. The van der Waals surface area contributed by atoms with Gasteiger partial charge in [-0.25, -0.2) is 14.8 Å². The molecule has 1 aromatic heterocycles. The highest BCUT2D eigenvalue weighted by atomic mass is 32.2. The number of anilines is 1. The lowest BCUT2D eigenvalue weighted by atomic mass is 10.3. The summed E-state index contributed by atoms with van der Waals surface area (Å²) >= 11 is 1.34. The molecule has 1 heterocycles. The number of ether oxygens (including phenoxy) is 1. The molecule has 0 saturated carbocycles. The molecule has 1 N–H and O–H groups in total. The van der Waals surface area contributed by atoms with Gasteiger partial charge in [-0.1, -0.05) is 0 Å². The average molecular weight is 331 g/mol. The third kappa shape index (κ3) is 5.07. The summed E-state index contributed by atoms with van der Waals surface area (Å²) in [4.78, 5) is 32.2. The molecule has 1 amide bonds. The third-order valence-electron chi connectivity index (χ3n) is 2.70. The Hall–Kier alpha value is -2.41.